The molecule has 2 aliphatic rings. The zero-order chi connectivity index (χ0) is 34.4. The fourth-order valence-corrected chi connectivity index (χ4v) is 7.02. The van der Waals surface area contributed by atoms with E-state index in [0.717, 1.165) is 85.2 Å². The van der Waals surface area contributed by atoms with Crippen molar-refractivity contribution in [3.05, 3.63) is 182 Å². The minimum atomic E-state index is 0.684. The van der Waals surface area contributed by atoms with Gasteiger partial charge < -0.3 is 19.3 Å². The van der Waals surface area contributed by atoms with Gasteiger partial charge in [0.25, 0.3) is 0 Å². The molecule has 0 aliphatic carbocycles. The third kappa shape index (κ3) is 5.13. The Balaban J connectivity index is 1.10. The molecule has 0 radical (unpaired) electrons. The van der Waals surface area contributed by atoms with Gasteiger partial charge in [0, 0.05) is 28.4 Å². The molecule has 3 heterocycles. The van der Waals surface area contributed by atoms with Crippen molar-refractivity contribution in [2.24, 2.45) is 0 Å². The molecule has 0 spiro atoms. The smallest absolute Gasteiger partial charge is 0.160 e. The first-order valence-corrected chi connectivity index (χ1v) is 17.2. The first-order valence-electron chi connectivity index (χ1n) is 17.2. The van der Waals surface area contributed by atoms with Gasteiger partial charge in [-0.3, -0.25) is 0 Å². The van der Waals surface area contributed by atoms with Crippen LogP contribution in [0.5, 0.6) is 23.0 Å². The zero-order valence-electron chi connectivity index (χ0n) is 27.9. The van der Waals surface area contributed by atoms with E-state index in [-0.39, 0.29) is 0 Å². The van der Waals surface area contributed by atoms with Crippen LogP contribution in [0, 0.1) is 0 Å². The number of ether oxygens (including phenoxy) is 2. The summed E-state index contributed by atoms with van der Waals surface area (Å²) in [6.07, 6.45) is 0. The van der Waals surface area contributed by atoms with Crippen molar-refractivity contribution >= 4 is 34.1 Å². The van der Waals surface area contributed by atoms with Crippen LogP contribution in [0.15, 0.2) is 182 Å². The van der Waals surface area contributed by atoms with Gasteiger partial charge in [-0.15, -0.1) is 0 Å². The average molecular weight is 671 g/mol. The standard InChI is InChI=1S/C46H30N4O2/c1-3-14-31(15-4-1)36-30-37(48-46(47-36)32-16-5-2-6-17-32)33-18-13-19-34(28-33)49-40-22-9-12-25-44(40)52-45-29-35(26-27-41(45)49)50-38-20-7-10-23-42(38)51-43-24-11-8-21-39(43)50/h1-30H. The number of para-hydroxylation sites is 6. The van der Waals surface area contributed by atoms with E-state index in [1.165, 1.54) is 0 Å². The molecule has 1 aromatic heterocycles. The van der Waals surface area contributed by atoms with Crippen LogP contribution in [-0.2, 0) is 0 Å². The van der Waals surface area contributed by atoms with Gasteiger partial charge in [-0.05, 0) is 66.7 Å². The number of hydrogen-bond acceptors (Lipinski definition) is 6. The lowest BCUT2D eigenvalue weighted by Crippen LogP contribution is -2.18. The number of anilines is 6. The molecule has 6 heteroatoms. The molecule has 10 rings (SSSR count). The molecule has 0 amide bonds. The third-order valence-electron chi connectivity index (χ3n) is 9.43. The van der Waals surface area contributed by atoms with Crippen LogP contribution in [0.1, 0.15) is 0 Å². The van der Waals surface area contributed by atoms with Gasteiger partial charge in [0.15, 0.2) is 28.8 Å². The Morgan fingerprint density at radius 1 is 0.327 bits per heavy atom. The van der Waals surface area contributed by atoms with Crippen LogP contribution in [0.4, 0.5) is 34.1 Å². The predicted molar refractivity (Wildman–Crippen MR) is 208 cm³/mol. The molecule has 52 heavy (non-hydrogen) atoms. The summed E-state index contributed by atoms with van der Waals surface area (Å²) in [7, 11) is 0. The Morgan fingerprint density at radius 3 is 1.40 bits per heavy atom. The topological polar surface area (TPSA) is 50.7 Å². The minimum Gasteiger partial charge on any atom is -0.453 e. The second-order valence-corrected chi connectivity index (χ2v) is 12.7. The summed E-state index contributed by atoms with van der Waals surface area (Å²) >= 11 is 0. The molecule has 246 valence electrons. The van der Waals surface area contributed by atoms with Crippen LogP contribution in [-0.4, -0.2) is 9.97 Å². The molecule has 0 unspecified atom stereocenters. The summed E-state index contributed by atoms with van der Waals surface area (Å²) in [6, 6.07) is 61.8. The van der Waals surface area contributed by atoms with Crippen molar-refractivity contribution in [3.8, 4) is 56.9 Å². The molecule has 8 aromatic rings. The van der Waals surface area contributed by atoms with Crippen molar-refractivity contribution in [3.63, 3.8) is 0 Å². The monoisotopic (exact) mass is 670 g/mol. The quantitative estimate of drug-likeness (QED) is 0.182. The molecule has 0 fully saturated rings. The van der Waals surface area contributed by atoms with Gasteiger partial charge in [0.05, 0.1) is 39.8 Å². The van der Waals surface area contributed by atoms with E-state index in [9.17, 15) is 0 Å². The van der Waals surface area contributed by atoms with Crippen molar-refractivity contribution in [2.45, 2.75) is 0 Å². The molecule has 0 atom stereocenters. The average Bonchev–Trinajstić information content (AvgIpc) is 3.22. The Morgan fingerprint density at radius 2 is 0.788 bits per heavy atom. The summed E-state index contributed by atoms with van der Waals surface area (Å²) in [6.45, 7) is 0. The Labute approximate surface area is 301 Å². The largest absolute Gasteiger partial charge is 0.453 e. The van der Waals surface area contributed by atoms with Crippen LogP contribution < -0.4 is 19.3 Å². The molecule has 2 aliphatic heterocycles. The SMILES string of the molecule is c1ccc(-c2cc(-c3cccc(N4c5ccccc5Oc5cc(N6c7ccccc7Oc7ccccc76)ccc54)c3)nc(-c3ccccc3)n2)cc1. The summed E-state index contributed by atoms with van der Waals surface area (Å²) < 4.78 is 12.9. The molecular formula is C46H30N4O2. The highest BCUT2D eigenvalue weighted by atomic mass is 16.5. The van der Waals surface area contributed by atoms with Gasteiger partial charge >= 0.3 is 0 Å². The fraction of sp³-hybridized carbons (Fsp3) is 0. The maximum absolute atomic E-state index is 6.66. The highest BCUT2D eigenvalue weighted by Crippen LogP contribution is 2.55. The molecule has 6 nitrogen and oxygen atoms in total. The highest BCUT2D eigenvalue weighted by molar-refractivity contribution is 5.92. The van der Waals surface area contributed by atoms with Crippen LogP contribution in [0.2, 0.25) is 0 Å². The maximum Gasteiger partial charge on any atom is 0.160 e. The second kappa shape index (κ2) is 12.3. The van der Waals surface area contributed by atoms with Crippen molar-refractivity contribution in [1.82, 2.24) is 9.97 Å². The first kappa shape index (κ1) is 29.7. The predicted octanol–water partition coefficient (Wildman–Crippen LogP) is 12.6. The lowest BCUT2D eigenvalue weighted by molar-refractivity contribution is 0.474. The van der Waals surface area contributed by atoms with E-state index >= 15 is 0 Å². The van der Waals surface area contributed by atoms with E-state index in [1.807, 2.05) is 103 Å². The third-order valence-corrected chi connectivity index (χ3v) is 9.43. The Bertz CT molecular complexity index is 2500. The van der Waals surface area contributed by atoms with Gasteiger partial charge in [-0.2, -0.15) is 0 Å². The number of benzene rings is 7. The summed E-state index contributed by atoms with van der Waals surface area (Å²) in [5.41, 5.74) is 10.5. The van der Waals surface area contributed by atoms with E-state index in [4.69, 9.17) is 19.4 Å². The van der Waals surface area contributed by atoms with Gasteiger partial charge in [0.1, 0.15) is 0 Å². The Kier molecular flexibility index (Phi) is 7.03. The first-order chi connectivity index (χ1) is 25.8. The second-order valence-electron chi connectivity index (χ2n) is 12.7. The van der Waals surface area contributed by atoms with Crippen LogP contribution >= 0.6 is 0 Å². The van der Waals surface area contributed by atoms with Crippen LogP contribution in [0.3, 0.4) is 0 Å². The molecular weight excluding hydrogens is 641 g/mol. The molecule has 0 N–H and O–H groups in total. The molecule has 0 saturated carbocycles. The van der Waals surface area contributed by atoms with Gasteiger partial charge in [-0.25, -0.2) is 9.97 Å². The summed E-state index contributed by atoms with van der Waals surface area (Å²) in [5.74, 6) is 3.82. The fourth-order valence-electron chi connectivity index (χ4n) is 7.02. The van der Waals surface area contributed by atoms with Crippen molar-refractivity contribution < 1.29 is 9.47 Å². The van der Waals surface area contributed by atoms with Gasteiger partial charge in [0.2, 0.25) is 0 Å². The van der Waals surface area contributed by atoms with Crippen LogP contribution in [0.25, 0.3) is 33.9 Å². The number of fused-ring (bicyclic) bond motifs is 4. The molecule has 7 aromatic carbocycles. The number of hydrogen-bond donors (Lipinski definition) is 0. The number of nitrogens with zero attached hydrogens (tertiary/aromatic N) is 4. The molecule has 0 bridgehead atoms. The van der Waals surface area contributed by atoms with E-state index in [1.54, 1.807) is 0 Å². The van der Waals surface area contributed by atoms with E-state index < -0.39 is 0 Å². The molecule has 0 saturated heterocycles. The highest BCUT2D eigenvalue weighted by Gasteiger charge is 2.30. The maximum atomic E-state index is 6.66. The lowest BCUT2D eigenvalue weighted by atomic mass is 10.0. The van der Waals surface area contributed by atoms with Crippen molar-refractivity contribution in [2.75, 3.05) is 9.80 Å². The number of aromatic nitrogens is 2. The Hall–Kier alpha value is -7.18. The summed E-state index contributed by atoms with van der Waals surface area (Å²) in [4.78, 5) is 14.6. The lowest BCUT2D eigenvalue weighted by Gasteiger charge is -2.36. The summed E-state index contributed by atoms with van der Waals surface area (Å²) in [5, 5.41) is 0. The van der Waals surface area contributed by atoms with E-state index in [2.05, 4.69) is 88.7 Å². The minimum absolute atomic E-state index is 0.684. The van der Waals surface area contributed by atoms with E-state index in [0.29, 0.717) is 5.82 Å². The van der Waals surface area contributed by atoms with Crippen molar-refractivity contribution in [1.29, 1.82) is 0 Å². The normalized spacial score (nSPS) is 12.5. The number of rotatable bonds is 5. The van der Waals surface area contributed by atoms with Gasteiger partial charge in [-0.1, -0.05) is 109 Å². The zero-order valence-corrected chi connectivity index (χ0v) is 27.9.